The van der Waals surface area contributed by atoms with Crippen LogP contribution in [0.2, 0.25) is 0 Å². The van der Waals surface area contributed by atoms with Gasteiger partial charge in [-0.15, -0.1) is 11.3 Å². The highest BCUT2D eigenvalue weighted by atomic mass is 32.1. The molecule has 0 radical (unpaired) electrons. The van der Waals surface area contributed by atoms with Crippen molar-refractivity contribution in [3.63, 3.8) is 0 Å². The number of hydrogen-bond donors (Lipinski definition) is 0. The van der Waals surface area contributed by atoms with E-state index >= 15 is 0 Å². The van der Waals surface area contributed by atoms with Crippen molar-refractivity contribution >= 4 is 23.1 Å². The van der Waals surface area contributed by atoms with Crippen LogP contribution in [0.25, 0.3) is 21.8 Å². The number of amides is 1. The monoisotopic (exact) mass is 501 g/mol. The largest absolute Gasteiger partial charge is 0.497 e. The van der Waals surface area contributed by atoms with Gasteiger partial charge in [0.1, 0.15) is 11.4 Å². The smallest absolute Gasteiger partial charge is 0.232 e. The molecule has 35 heavy (non-hydrogen) atoms. The summed E-state index contributed by atoms with van der Waals surface area (Å²) in [5.41, 5.74) is 0.691. The van der Waals surface area contributed by atoms with Gasteiger partial charge in [-0.1, -0.05) is 6.07 Å². The number of carbonyl (C=O) groups excluding carboxylic acids is 1. The molecule has 0 aliphatic rings. The number of carbonyl (C=O) groups is 1. The second kappa shape index (κ2) is 9.83. The Bertz CT molecular complexity index is 1360. The molecule has 0 unspecified atom stereocenters. The van der Waals surface area contributed by atoms with Crippen LogP contribution < -0.4 is 9.64 Å². The first kappa shape index (κ1) is 24.3. The Morgan fingerprint density at radius 2 is 1.71 bits per heavy atom. The molecule has 10 heteroatoms. The first-order chi connectivity index (χ1) is 16.7. The molecule has 0 saturated heterocycles. The van der Waals surface area contributed by atoms with E-state index in [0.717, 1.165) is 22.3 Å². The number of likely N-dealkylation sites (N-methyl/N-ethyl adjacent to an activating group) is 1. The van der Waals surface area contributed by atoms with E-state index in [2.05, 4.69) is 4.98 Å². The second-order valence-electron chi connectivity index (χ2n) is 7.62. The van der Waals surface area contributed by atoms with E-state index in [4.69, 9.17) is 9.72 Å². The van der Waals surface area contributed by atoms with Gasteiger partial charge in [0, 0.05) is 18.2 Å². The molecule has 180 valence electrons. The summed E-state index contributed by atoms with van der Waals surface area (Å²) < 4.78 is 60.8. The van der Waals surface area contributed by atoms with Gasteiger partial charge < -0.3 is 4.74 Å². The van der Waals surface area contributed by atoms with Gasteiger partial charge in [0.25, 0.3) is 0 Å². The van der Waals surface area contributed by atoms with Crippen LogP contribution in [0.3, 0.4) is 0 Å². The van der Waals surface area contributed by atoms with Crippen LogP contribution in [-0.2, 0) is 11.2 Å². The maximum absolute atomic E-state index is 14.3. The molecule has 5 nitrogen and oxygen atoms in total. The van der Waals surface area contributed by atoms with Crippen molar-refractivity contribution in [1.29, 1.82) is 0 Å². The van der Waals surface area contributed by atoms with Crippen LogP contribution in [0, 0.1) is 30.2 Å². The van der Waals surface area contributed by atoms with Crippen LogP contribution in [-0.4, -0.2) is 30.0 Å². The van der Waals surface area contributed by atoms with Gasteiger partial charge in [-0.25, -0.2) is 27.5 Å². The van der Waals surface area contributed by atoms with Crippen molar-refractivity contribution in [3.8, 4) is 27.6 Å². The Balaban J connectivity index is 1.72. The van der Waals surface area contributed by atoms with Gasteiger partial charge >= 0.3 is 0 Å². The molecule has 2 aromatic carbocycles. The molecular formula is C25H19F4N3O2S. The maximum atomic E-state index is 14.3. The minimum Gasteiger partial charge on any atom is -0.497 e. The first-order valence-electron chi connectivity index (χ1n) is 10.4. The number of hydrogen-bond acceptors (Lipinski definition) is 5. The first-order valence-corrected chi connectivity index (χ1v) is 11.2. The number of halogens is 4. The van der Waals surface area contributed by atoms with Gasteiger partial charge in [-0.2, -0.15) is 0 Å². The molecule has 4 aromatic rings. The normalized spacial score (nSPS) is 10.9. The Kier molecular flexibility index (Phi) is 6.83. The molecule has 0 fully saturated rings. The van der Waals surface area contributed by atoms with E-state index < -0.39 is 46.7 Å². The second-order valence-corrected chi connectivity index (χ2v) is 8.57. The van der Waals surface area contributed by atoms with Gasteiger partial charge in [0.15, 0.2) is 29.1 Å². The average molecular weight is 502 g/mol. The molecule has 0 bridgehead atoms. The van der Waals surface area contributed by atoms with Gasteiger partial charge in [0.05, 0.1) is 30.3 Å². The highest BCUT2D eigenvalue weighted by molar-refractivity contribution is 7.13. The fourth-order valence-electron chi connectivity index (χ4n) is 3.49. The Morgan fingerprint density at radius 3 is 2.34 bits per heavy atom. The fraction of sp³-hybridized carbons (Fsp3) is 0.160. The SMILES string of the molecule is COc1ccc(-c2cnc(N(C)C(=O)Cc3c(C)c(F)c(F)c(F)c3F)c(-c3cccs3)n2)cc1. The predicted octanol–water partition coefficient (Wildman–Crippen LogP) is 5.95. The molecule has 0 spiro atoms. The van der Waals surface area contributed by atoms with Crippen LogP contribution in [0.5, 0.6) is 5.75 Å². The fourth-order valence-corrected chi connectivity index (χ4v) is 4.20. The number of thiophene rings is 1. The molecule has 0 atom stereocenters. The number of ether oxygens (including phenoxy) is 1. The van der Waals surface area contributed by atoms with Crippen molar-refractivity contribution in [2.75, 3.05) is 19.1 Å². The summed E-state index contributed by atoms with van der Waals surface area (Å²) >= 11 is 1.38. The molecule has 2 aromatic heterocycles. The highest BCUT2D eigenvalue weighted by Gasteiger charge is 2.27. The van der Waals surface area contributed by atoms with Crippen LogP contribution in [0.1, 0.15) is 11.1 Å². The Morgan fingerprint density at radius 1 is 1.03 bits per heavy atom. The Labute approximate surface area is 202 Å². The third kappa shape index (κ3) is 4.61. The standard InChI is InChI=1S/C25H19F4N3O2S/c1-13-16(21(27)23(29)22(28)20(13)26)11-19(33)32(2)25-24(18-5-4-10-35-18)31-17(12-30-25)14-6-8-15(34-3)9-7-14/h4-10,12H,11H2,1-3H3. The summed E-state index contributed by atoms with van der Waals surface area (Å²) in [6.07, 6.45) is 0.787. The minimum atomic E-state index is -1.96. The maximum Gasteiger partial charge on any atom is 0.232 e. The van der Waals surface area contributed by atoms with E-state index in [1.54, 1.807) is 19.2 Å². The summed E-state index contributed by atoms with van der Waals surface area (Å²) in [5, 5.41) is 1.84. The van der Waals surface area contributed by atoms with E-state index in [1.807, 2.05) is 29.6 Å². The van der Waals surface area contributed by atoms with Crippen molar-refractivity contribution in [2.45, 2.75) is 13.3 Å². The van der Waals surface area contributed by atoms with Gasteiger partial charge in [0.2, 0.25) is 5.91 Å². The van der Waals surface area contributed by atoms with E-state index in [0.29, 0.717) is 17.1 Å². The highest BCUT2D eigenvalue weighted by Crippen LogP contribution is 2.33. The number of nitrogens with zero attached hydrogens (tertiary/aromatic N) is 3. The lowest BCUT2D eigenvalue weighted by Gasteiger charge is -2.20. The van der Waals surface area contributed by atoms with Crippen molar-refractivity contribution < 1.29 is 27.1 Å². The van der Waals surface area contributed by atoms with Crippen LogP contribution in [0.4, 0.5) is 23.4 Å². The molecule has 0 saturated carbocycles. The average Bonchev–Trinajstić information content (AvgIpc) is 3.43. The van der Waals surface area contributed by atoms with E-state index in [1.165, 1.54) is 24.6 Å². The summed E-state index contributed by atoms with van der Waals surface area (Å²) in [4.78, 5) is 24.0. The summed E-state index contributed by atoms with van der Waals surface area (Å²) in [7, 11) is 2.97. The molecule has 0 aliphatic carbocycles. The van der Waals surface area contributed by atoms with Crippen molar-refractivity contribution in [1.82, 2.24) is 9.97 Å². The van der Waals surface area contributed by atoms with E-state index in [-0.39, 0.29) is 5.82 Å². The van der Waals surface area contributed by atoms with Gasteiger partial charge in [-0.05, 0) is 48.2 Å². The quantitative estimate of drug-likeness (QED) is 0.186. The lowest BCUT2D eigenvalue weighted by atomic mass is 10.0. The Hall–Kier alpha value is -3.79. The number of anilines is 1. The van der Waals surface area contributed by atoms with Crippen molar-refractivity contribution in [2.24, 2.45) is 0 Å². The number of methoxy groups -OCH3 is 1. The summed E-state index contributed by atoms with van der Waals surface area (Å²) in [6, 6.07) is 10.8. The molecule has 1 amide bonds. The van der Waals surface area contributed by atoms with Crippen molar-refractivity contribution in [3.05, 3.63) is 82.4 Å². The number of aromatic nitrogens is 2. The molecular weight excluding hydrogens is 482 g/mol. The lowest BCUT2D eigenvalue weighted by Crippen LogP contribution is -2.30. The van der Waals surface area contributed by atoms with E-state index in [9.17, 15) is 22.4 Å². The third-order valence-electron chi connectivity index (χ3n) is 5.54. The molecule has 0 N–H and O–H groups in total. The number of rotatable bonds is 6. The topological polar surface area (TPSA) is 55.3 Å². The lowest BCUT2D eigenvalue weighted by molar-refractivity contribution is -0.117. The van der Waals surface area contributed by atoms with Crippen LogP contribution in [0.15, 0.2) is 48.0 Å². The molecule has 4 rings (SSSR count). The van der Waals surface area contributed by atoms with Crippen LogP contribution >= 0.6 is 11.3 Å². The predicted molar refractivity (Wildman–Crippen MR) is 125 cm³/mol. The molecule has 0 aliphatic heterocycles. The minimum absolute atomic E-state index is 0.177. The van der Waals surface area contributed by atoms with Gasteiger partial charge in [-0.3, -0.25) is 9.69 Å². The zero-order chi connectivity index (χ0) is 25.3. The third-order valence-corrected chi connectivity index (χ3v) is 6.41. The number of benzene rings is 2. The zero-order valence-electron chi connectivity index (χ0n) is 18.9. The summed E-state index contributed by atoms with van der Waals surface area (Å²) in [6.45, 7) is 1.09. The summed E-state index contributed by atoms with van der Waals surface area (Å²) in [5.74, 6) is -6.85. The zero-order valence-corrected chi connectivity index (χ0v) is 19.7. The molecule has 2 heterocycles.